The van der Waals surface area contributed by atoms with E-state index in [-0.39, 0.29) is 5.56 Å². The average Bonchev–Trinajstić information content (AvgIpc) is 2.48. The fraction of sp³-hybridized carbons (Fsp3) is 0.600. The van der Waals surface area contributed by atoms with E-state index in [0.717, 1.165) is 6.07 Å². The third kappa shape index (κ3) is 5.39. The maximum Gasteiger partial charge on any atom is 0.500 e. The zero-order valence-electron chi connectivity index (χ0n) is 13.3. The Kier molecular flexibility index (Phi) is 8.09. The van der Waals surface area contributed by atoms with Gasteiger partial charge in [0.05, 0.1) is 0 Å². The molecule has 0 radical (unpaired) electrons. The Hall–Kier alpha value is -0.893. The van der Waals surface area contributed by atoms with Crippen molar-refractivity contribution in [3.63, 3.8) is 0 Å². The van der Waals surface area contributed by atoms with Gasteiger partial charge in [0.15, 0.2) is 11.6 Å². The van der Waals surface area contributed by atoms with E-state index in [9.17, 15) is 13.2 Å². The molecule has 0 fully saturated rings. The molecule has 22 heavy (non-hydrogen) atoms. The van der Waals surface area contributed by atoms with Crippen LogP contribution in [0.25, 0.3) is 0 Å². The molecule has 1 aromatic rings. The van der Waals surface area contributed by atoms with E-state index in [4.69, 9.17) is 13.3 Å². The highest BCUT2D eigenvalue weighted by Crippen LogP contribution is 2.21. The van der Waals surface area contributed by atoms with E-state index in [0.29, 0.717) is 44.6 Å². The molecule has 7 heteroatoms. The van der Waals surface area contributed by atoms with E-state index >= 15 is 0 Å². The lowest BCUT2D eigenvalue weighted by atomic mass is 10.1. The predicted molar refractivity (Wildman–Crippen MR) is 80.1 cm³/mol. The van der Waals surface area contributed by atoms with E-state index in [1.165, 1.54) is 0 Å². The minimum absolute atomic E-state index is 0.177. The van der Waals surface area contributed by atoms with Gasteiger partial charge in [-0.1, -0.05) is 0 Å². The number of aryl methyl sites for hydroxylation is 1. The zero-order valence-corrected chi connectivity index (χ0v) is 14.3. The number of hydrogen-bond acceptors (Lipinski definition) is 3. The number of unbranched alkanes of at least 4 members (excludes halogenated alkanes) is 1. The second-order valence-electron chi connectivity index (χ2n) is 4.82. The summed E-state index contributed by atoms with van der Waals surface area (Å²) in [5, 5.41) is 0. The molecule has 0 unspecified atom stereocenters. The number of hydrogen-bond donors (Lipinski definition) is 0. The van der Waals surface area contributed by atoms with E-state index < -0.39 is 26.3 Å². The lowest BCUT2D eigenvalue weighted by Gasteiger charge is -2.27. The molecule has 0 aliphatic heterocycles. The summed E-state index contributed by atoms with van der Waals surface area (Å²) in [4.78, 5) is 0. The topological polar surface area (TPSA) is 27.7 Å². The van der Waals surface area contributed by atoms with Crippen molar-refractivity contribution in [2.45, 2.75) is 39.2 Å². The van der Waals surface area contributed by atoms with Gasteiger partial charge in [-0.2, -0.15) is 0 Å². The van der Waals surface area contributed by atoms with E-state index in [1.807, 2.05) is 13.8 Å². The first-order chi connectivity index (χ1) is 10.5. The van der Waals surface area contributed by atoms with Crippen molar-refractivity contribution in [2.24, 2.45) is 0 Å². The molecular formula is C15H23F3O3Si. The quantitative estimate of drug-likeness (QED) is 0.366. The second kappa shape index (κ2) is 9.29. The van der Waals surface area contributed by atoms with Gasteiger partial charge in [-0.15, -0.1) is 0 Å². The summed E-state index contributed by atoms with van der Waals surface area (Å²) in [6.45, 7) is 4.74. The van der Waals surface area contributed by atoms with Crippen molar-refractivity contribution in [1.82, 2.24) is 0 Å². The van der Waals surface area contributed by atoms with Crippen molar-refractivity contribution in [3.8, 4) is 0 Å². The van der Waals surface area contributed by atoms with Crippen molar-refractivity contribution in [3.05, 3.63) is 35.1 Å². The highest BCUT2D eigenvalue weighted by molar-refractivity contribution is 6.60. The van der Waals surface area contributed by atoms with Crippen LogP contribution >= 0.6 is 0 Å². The van der Waals surface area contributed by atoms with Crippen LogP contribution in [0.3, 0.4) is 0 Å². The van der Waals surface area contributed by atoms with Gasteiger partial charge in [0.2, 0.25) is 0 Å². The summed E-state index contributed by atoms with van der Waals surface area (Å²) in [5.74, 6) is -2.91. The van der Waals surface area contributed by atoms with Crippen LogP contribution in [0.2, 0.25) is 6.04 Å². The summed E-state index contributed by atoms with van der Waals surface area (Å²) >= 11 is 0. The average molecular weight is 336 g/mol. The largest absolute Gasteiger partial charge is 0.500 e. The Morgan fingerprint density at radius 2 is 1.50 bits per heavy atom. The van der Waals surface area contributed by atoms with Crippen LogP contribution in [0, 0.1) is 17.5 Å². The first-order valence-electron chi connectivity index (χ1n) is 7.44. The summed E-state index contributed by atoms with van der Waals surface area (Å²) < 4.78 is 56.2. The van der Waals surface area contributed by atoms with Gasteiger partial charge in [-0.3, -0.25) is 0 Å². The monoisotopic (exact) mass is 336 g/mol. The third-order valence-electron chi connectivity index (χ3n) is 3.31. The van der Waals surface area contributed by atoms with Crippen LogP contribution in [-0.4, -0.2) is 29.1 Å². The van der Waals surface area contributed by atoms with Crippen LogP contribution in [-0.2, 0) is 19.7 Å². The van der Waals surface area contributed by atoms with Gasteiger partial charge >= 0.3 is 8.80 Å². The smallest absolute Gasteiger partial charge is 0.377 e. The molecule has 0 aromatic heterocycles. The molecule has 0 atom stereocenters. The molecule has 1 aromatic carbocycles. The lowest BCUT2D eigenvalue weighted by Crippen LogP contribution is -2.44. The molecule has 1 rings (SSSR count). The van der Waals surface area contributed by atoms with Crippen LogP contribution in [0.15, 0.2) is 12.1 Å². The van der Waals surface area contributed by atoms with Crippen LogP contribution in [0.4, 0.5) is 13.2 Å². The Morgan fingerprint density at radius 1 is 0.909 bits per heavy atom. The van der Waals surface area contributed by atoms with Crippen molar-refractivity contribution >= 4 is 8.80 Å². The number of rotatable bonds is 10. The number of benzene rings is 1. The summed E-state index contributed by atoms with van der Waals surface area (Å²) in [6, 6.07) is 2.10. The van der Waals surface area contributed by atoms with Crippen molar-refractivity contribution < 1.29 is 26.4 Å². The fourth-order valence-corrected chi connectivity index (χ4v) is 4.63. The highest BCUT2D eigenvalue weighted by Gasteiger charge is 2.38. The third-order valence-corrected chi connectivity index (χ3v) is 6.35. The SMILES string of the molecule is CCO[Si](CCCCc1cc(F)c(F)cc1F)(OC)OCC. The first-order valence-corrected chi connectivity index (χ1v) is 9.37. The minimum Gasteiger partial charge on any atom is -0.377 e. The first kappa shape index (κ1) is 19.2. The van der Waals surface area contributed by atoms with Gasteiger partial charge in [0.1, 0.15) is 5.82 Å². The maximum atomic E-state index is 13.5. The molecule has 0 spiro atoms. The molecule has 0 heterocycles. The van der Waals surface area contributed by atoms with Gasteiger partial charge in [-0.05, 0) is 44.7 Å². The molecule has 0 bridgehead atoms. The molecule has 0 saturated heterocycles. The van der Waals surface area contributed by atoms with Crippen LogP contribution in [0.1, 0.15) is 32.3 Å². The Bertz CT molecular complexity index is 466. The maximum absolute atomic E-state index is 13.5. The number of halogens is 3. The standard InChI is InChI=1S/C15H23F3O3Si/c1-4-20-22(19-3,21-5-2)9-7-6-8-12-10-14(17)15(18)11-13(12)16/h10-11H,4-9H2,1-3H3. The van der Waals surface area contributed by atoms with Gasteiger partial charge in [0, 0.05) is 32.4 Å². The molecule has 0 N–H and O–H groups in total. The highest BCUT2D eigenvalue weighted by atomic mass is 28.4. The molecular weight excluding hydrogens is 313 g/mol. The van der Waals surface area contributed by atoms with Crippen LogP contribution in [0.5, 0.6) is 0 Å². The van der Waals surface area contributed by atoms with Crippen molar-refractivity contribution in [1.29, 1.82) is 0 Å². The zero-order chi connectivity index (χ0) is 16.6. The second-order valence-corrected chi connectivity index (χ2v) is 7.67. The lowest BCUT2D eigenvalue weighted by molar-refractivity contribution is 0.0860. The predicted octanol–water partition coefficient (Wildman–Crippen LogP) is 4.08. The Labute approximate surface area is 130 Å². The Balaban J connectivity index is 2.54. The molecule has 0 aliphatic rings. The van der Waals surface area contributed by atoms with Gasteiger partial charge in [-0.25, -0.2) is 13.2 Å². The van der Waals surface area contributed by atoms with Gasteiger partial charge < -0.3 is 13.3 Å². The van der Waals surface area contributed by atoms with Crippen LogP contribution < -0.4 is 0 Å². The molecule has 3 nitrogen and oxygen atoms in total. The summed E-state index contributed by atoms with van der Waals surface area (Å²) in [5.41, 5.74) is 0.177. The Morgan fingerprint density at radius 3 is 2.05 bits per heavy atom. The summed E-state index contributed by atoms with van der Waals surface area (Å²) in [6.07, 6.45) is 1.63. The van der Waals surface area contributed by atoms with Gasteiger partial charge in [0.25, 0.3) is 0 Å². The molecule has 0 aliphatic carbocycles. The minimum atomic E-state index is -2.67. The van der Waals surface area contributed by atoms with E-state index in [2.05, 4.69) is 0 Å². The van der Waals surface area contributed by atoms with E-state index in [1.54, 1.807) is 7.11 Å². The molecule has 0 saturated carbocycles. The molecule has 126 valence electrons. The molecule has 0 amide bonds. The normalized spacial score (nSPS) is 11.9. The summed E-state index contributed by atoms with van der Waals surface area (Å²) in [7, 11) is -1.11. The fourth-order valence-electron chi connectivity index (χ4n) is 2.26. The van der Waals surface area contributed by atoms with Crippen molar-refractivity contribution in [2.75, 3.05) is 20.3 Å².